The predicted molar refractivity (Wildman–Crippen MR) is 81.5 cm³/mol. The highest BCUT2D eigenvalue weighted by Crippen LogP contribution is 2.22. The number of aromatic carboxylic acids is 1. The second-order valence-electron chi connectivity index (χ2n) is 4.72. The van der Waals surface area contributed by atoms with Crippen LogP contribution < -0.4 is 0 Å². The molecule has 0 amide bonds. The number of phenols is 1. The zero-order valence-corrected chi connectivity index (χ0v) is 11.5. The molecule has 5 nitrogen and oxygen atoms in total. The Morgan fingerprint density at radius 3 is 1.86 bits per heavy atom. The molecule has 0 saturated heterocycles. The lowest BCUT2D eigenvalue weighted by Gasteiger charge is -2.04. The fourth-order valence-corrected chi connectivity index (χ4v) is 2.04. The predicted octanol–water partition coefficient (Wildman–Crippen LogP) is 3.21. The van der Waals surface area contributed by atoms with E-state index in [-0.39, 0.29) is 11.3 Å². The lowest BCUT2D eigenvalue weighted by molar-refractivity contribution is 0.0697. The van der Waals surface area contributed by atoms with Crippen LogP contribution in [0, 0.1) is 0 Å². The molecule has 0 spiro atoms. The number of nitrogens with zero attached hydrogens (tertiary/aromatic N) is 2. The SMILES string of the molecule is O=C(O)c1ccc(-c2ncc(-c3ccc(O)cc3)cn2)cc1. The molecule has 1 aromatic heterocycles. The van der Waals surface area contributed by atoms with Crippen LogP contribution in [-0.2, 0) is 0 Å². The van der Waals surface area contributed by atoms with Gasteiger partial charge in [-0.25, -0.2) is 14.8 Å². The molecule has 0 saturated carbocycles. The second-order valence-corrected chi connectivity index (χ2v) is 4.72. The minimum Gasteiger partial charge on any atom is -0.508 e. The van der Waals surface area contributed by atoms with Crippen molar-refractivity contribution < 1.29 is 15.0 Å². The number of carboxylic acid groups (broad SMARTS) is 1. The Kier molecular flexibility index (Phi) is 3.53. The van der Waals surface area contributed by atoms with Gasteiger partial charge in [0.2, 0.25) is 0 Å². The molecule has 2 aromatic carbocycles. The average molecular weight is 292 g/mol. The van der Waals surface area contributed by atoms with E-state index < -0.39 is 5.97 Å². The molecule has 0 aliphatic rings. The molecule has 3 rings (SSSR count). The van der Waals surface area contributed by atoms with Gasteiger partial charge in [0.1, 0.15) is 5.75 Å². The summed E-state index contributed by atoms with van der Waals surface area (Å²) < 4.78 is 0. The molecule has 22 heavy (non-hydrogen) atoms. The highest BCUT2D eigenvalue weighted by Gasteiger charge is 2.06. The maximum Gasteiger partial charge on any atom is 0.335 e. The van der Waals surface area contributed by atoms with Crippen LogP contribution >= 0.6 is 0 Å². The Hall–Kier alpha value is -3.21. The van der Waals surface area contributed by atoms with Crippen molar-refractivity contribution in [2.45, 2.75) is 0 Å². The zero-order valence-electron chi connectivity index (χ0n) is 11.5. The van der Waals surface area contributed by atoms with E-state index in [2.05, 4.69) is 9.97 Å². The molecule has 0 bridgehead atoms. The van der Waals surface area contributed by atoms with E-state index in [0.717, 1.165) is 16.7 Å². The standard InChI is InChI=1S/C17H12N2O3/c20-15-7-5-11(6-8-15)14-9-18-16(19-10-14)12-1-3-13(4-2-12)17(21)22/h1-10,20H,(H,21,22). The van der Waals surface area contributed by atoms with Gasteiger partial charge in [-0.3, -0.25) is 0 Å². The summed E-state index contributed by atoms with van der Waals surface area (Å²) in [6.07, 6.45) is 3.39. The molecule has 108 valence electrons. The molecular formula is C17H12N2O3. The van der Waals surface area contributed by atoms with Gasteiger partial charge in [-0.1, -0.05) is 24.3 Å². The number of aromatic hydroxyl groups is 1. The third-order valence-corrected chi connectivity index (χ3v) is 3.24. The van der Waals surface area contributed by atoms with Gasteiger partial charge in [0.05, 0.1) is 5.56 Å². The van der Waals surface area contributed by atoms with E-state index in [9.17, 15) is 9.90 Å². The molecule has 2 N–H and O–H groups in total. The highest BCUT2D eigenvalue weighted by molar-refractivity contribution is 5.88. The van der Waals surface area contributed by atoms with Crippen LogP contribution in [0.15, 0.2) is 60.9 Å². The van der Waals surface area contributed by atoms with Crippen LogP contribution in [-0.4, -0.2) is 26.2 Å². The van der Waals surface area contributed by atoms with Gasteiger partial charge in [0.15, 0.2) is 5.82 Å². The first kappa shape index (κ1) is 13.8. The van der Waals surface area contributed by atoms with E-state index in [1.807, 2.05) is 0 Å². The summed E-state index contributed by atoms with van der Waals surface area (Å²) in [6.45, 7) is 0. The Labute approximate surface area is 126 Å². The maximum absolute atomic E-state index is 10.8. The first-order valence-electron chi connectivity index (χ1n) is 6.59. The number of phenolic OH excluding ortho intramolecular Hbond substituents is 1. The van der Waals surface area contributed by atoms with Gasteiger partial charge >= 0.3 is 5.97 Å². The molecule has 0 fully saturated rings. The van der Waals surface area contributed by atoms with Gasteiger partial charge in [0.25, 0.3) is 0 Å². The van der Waals surface area contributed by atoms with Gasteiger partial charge in [-0.2, -0.15) is 0 Å². The van der Waals surface area contributed by atoms with Crippen molar-refractivity contribution >= 4 is 5.97 Å². The third-order valence-electron chi connectivity index (χ3n) is 3.24. The van der Waals surface area contributed by atoms with Gasteiger partial charge in [-0.05, 0) is 29.8 Å². The Morgan fingerprint density at radius 1 is 0.773 bits per heavy atom. The van der Waals surface area contributed by atoms with Crippen LogP contribution in [0.1, 0.15) is 10.4 Å². The van der Waals surface area contributed by atoms with Crippen LogP contribution in [0.25, 0.3) is 22.5 Å². The van der Waals surface area contributed by atoms with Crippen molar-refractivity contribution in [3.05, 3.63) is 66.5 Å². The molecule has 1 heterocycles. The maximum atomic E-state index is 10.8. The van der Waals surface area contributed by atoms with E-state index in [1.165, 1.54) is 12.1 Å². The number of hydrogen-bond donors (Lipinski definition) is 2. The molecule has 5 heteroatoms. The van der Waals surface area contributed by atoms with E-state index in [4.69, 9.17) is 5.11 Å². The molecule has 0 aliphatic heterocycles. The summed E-state index contributed by atoms with van der Waals surface area (Å²) in [5, 5.41) is 18.2. The monoisotopic (exact) mass is 292 g/mol. The van der Waals surface area contributed by atoms with Gasteiger partial charge < -0.3 is 10.2 Å². The Balaban J connectivity index is 1.87. The summed E-state index contributed by atoms with van der Waals surface area (Å²) in [5.41, 5.74) is 2.73. The minimum absolute atomic E-state index is 0.208. The number of rotatable bonds is 3. The lowest BCUT2D eigenvalue weighted by Crippen LogP contribution is -1.96. The quantitative estimate of drug-likeness (QED) is 0.774. The lowest BCUT2D eigenvalue weighted by atomic mass is 10.1. The fraction of sp³-hybridized carbons (Fsp3) is 0. The number of carboxylic acids is 1. The van der Waals surface area contributed by atoms with Crippen LogP contribution in [0.4, 0.5) is 0 Å². The summed E-state index contributed by atoms with van der Waals surface area (Å²) in [7, 11) is 0. The van der Waals surface area contributed by atoms with Gasteiger partial charge in [0, 0.05) is 23.5 Å². The minimum atomic E-state index is -0.963. The molecule has 3 aromatic rings. The first-order valence-corrected chi connectivity index (χ1v) is 6.59. The smallest absolute Gasteiger partial charge is 0.335 e. The Morgan fingerprint density at radius 2 is 1.32 bits per heavy atom. The van der Waals surface area contributed by atoms with E-state index in [1.54, 1.807) is 48.8 Å². The summed E-state index contributed by atoms with van der Waals surface area (Å²) >= 11 is 0. The Bertz CT molecular complexity index is 795. The molecule has 0 radical (unpaired) electrons. The first-order chi connectivity index (χ1) is 10.6. The van der Waals surface area contributed by atoms with Crippen molar-refractivity contribution in [2.75, 3.05) is 0 Å². The topological polar surface area (TPSA) is 83.3 Å². The largest absolute Gasteiger partial charge is 0.508 e. The van der Waals surface area contributed by atoms with Crippen molar-refractivity contribution in [1.29, 1.82) is 0 Å². The van der Waals surface area contributed by atoms with Gasteiger partial charge in [-0.15, -0.1) is 0 Å². The van der Waals surface area contributed by atoms with E-state index >= 15 is 0 Å². The normalized spacial score (nSPS) is 10.4. The van der Waals surface area contributed by atoms with Crippen molar-refractivity contribution in [3.63, 3.8) is 0 Å². The van der Waals surface area contributed by atoms with Crippen molar-refractivity contribution in [2.24, 2.45) is 0 Å². The number of carbonyl (C=O) groups is 1. The summed E-state index contributed by atoms with van der Waals surface area (Å²) in [5.74, 6) is -0.227. The molecule has 0 atom stereocenters. The molecule has 0 unspecified atom stereocenters. The van der Waals surface area contributed by atoms with Crippen molar-refractivity contribution in [1.82, 2.24) is 9.97 Å². The van der Waals surface area contributed by atoms with Crippen LogP contribution in [0.5, 0.6) is 5.75 Å². The van der Waals surface area contributed by atoms with Crippen LogP contribution in [0.3, 0.4) is 0 Å². The second kappa shape index (κ2) is 5.65. The number of benzene rings is 2. The number of aromatic nitrogens is 2. The van der Waals surface area contributed by atoms with E-state index in [0.29, 0.717) is 5.82 Å². The van der Waals surface area contributed by atoms with Crippen molar-refractivity contribution in [3.8, 4) is 28.3 Å². The average Bonchev–Trinajstić information content (AvgIpc) is 2.56. The highest BCUT2D eigenvalue weighted by atomic mass is 16.4. The fourth-order valence-electron chi connectivity index (χ4n) is 2.04. The number of hydrogen-bond acceptors (Lipinski definition) is 4. The van der Waals surface area contributed by atoms with Crippen LogP contribution in [0.2, 0.25) is 0 Å². The molecular weight excluding hydrogens is 280 g/mol. The summed E-state index contributed by atoms with van der Waals surface area (Å²) in [6, 6.07) is 13.2. The third kappa shape index (κ3) is 2.78. The zero-order chi connectivity index (χ0) is 15.5. The summed E-state index contributed by atoms with van der Waals surface area (Å²) in [4.78, 5) is 19.4. The molecule has 0 aliphatic carbocycles.